The average molecular weight is 367 g/mol. The quantitative estimate of drug-likeness (QED) is 0.817. The Balaban J connectivity index is 1.50. The number of carbonyl (C=O) groups excluding carboxylic acids is 2. The van der Waals surface area contributed by atoms with Crippen molar-refractivity contribution in [2.24, 2.45) is 0 Å². The van der Waals surface area contributed by atoms with Crippen LogP contribution in [0.15, 0.2) is 0 Å². The Morgan fingerprint density at radius 1 is 1.12 bits per heavy atom. The number of rotatable bonds is 3. The van der Waals surface area contributed by atoms with Gasteiger partial charge in [-0.05, 0) is 39.2 Å². The summed E-state index contributed by atoms with van der Waals surface area (Å²) >= 11 is 0. The normalized spacial score (nSPS) is 26.8. The molecule has 26 heavy (non-hydrogen) atoms. The Labute approximate surface area is 157 Å². The van der Waals surface area contributed by atoms with E-state index in [0.29, 0.717) is 19.5 Å². The SMILES string of the molecule is CCCC(=O)N1CCCN(C(=O)NC2CN(C)C3(CCOCC3)C2)CC1. The minimum absolute atomic E-state index is 0.0253. The van der Waals surface area contributed by atoms with Gasteiger partial charge < -0.3 is 19.9 Å². The first-order chi connectivity index (χ1) is 12.5. The van der Waals surface area contributed by atoms with E-state index in [0.717, 1.165) is 65.0 Å². The number of nitrogens with one attached hydrogen (secondary N) is 1. The van der Waals surface area contributed by atoms with Gasteiger partial charge in [-0.15, -0.1) is 0 Å². The van der Waals surface area contributed by atoms with E-state index < -0.39 is 0 Å². The number of hydrogen-bond donors (Lipinski definition) is 1. The summed E-state index contributed by atoms with van der Waals surface area (Å²) in [6.07, 6.45) is 5.44. The molecule has 0 saturated carbocycles. The predicted octanol–water partition coefficient (Wildman–Crippen LogP) is 1.28. The summed E-state index contributed by atoms with van der Waals surface area (Å²) in [5.74, 6) is 0.216. The van der Waals surface area contributed by atoms with Crippen molar-refractivity contribution < 1.29 is 14.3 Å². The van der Waals surface area contributed by atoms with E-state index in [1.54, 1.807) is 0 Å². The molecule has 148 valence electrons. The fourth-order valence-electron chi connectivity index (χ4n) is 4.64. The number of carbonyl (C=O) groups is 2. The standard InChI is InChI=1S/C19H34N4O3/c1-3-5-17(24)22-8-4-9-23(11-10-22)18(25)20-16-14-19(21(2)15-16)6-12-26-13-7-19/h16H,3-15H2,1-2H3,(H,20,25). The summed E-state index contributed by atoms with van der Waals surface area (Å²) < 4.78 is 5.52. The van der Waals surface area contributed by atoms with Gasteiger partial charge in [0.05, 0.1) is 0 Å². The van der Waals surface area contributed by atoms with E-state index in [2.05, 4.69) is 17.3 Å². The molecule has 3 saturated heterocycles. The molecule has 3 rings (SSSR count). The van der Waals surface area contributed by atoms with Crippen LogP contribution in [-0.2, 0) is 9.53 Å². The fourth-order valence-corrected chi connectivity index (χ4v) is 4.64. The molecule has 0 radical (unpaired) electrons. The number of nitrogens with zero attached hydrogens (tertiary/aromatic N) is 3. The topological polar surface area (TPSA) is 65.1 Å². The van der Waals surface area contributed by atoms with Crippen LogP contribution in [0, 0.1) is 0 Å². The maximum Gasteiger partial charge on any atom is 0.317 e. The van der Waals surface area contributed by atoms with E-state index in [-0.39, 0.29) is 23.5 Å². The average Bonchev–Trinajstić information content (AvgIpc) is 2.81. The molecule has 3 heterocycles. The van der Waals surface area contributed by atoms with Gasteiger partial charge in [0.15, 0.2) is 0 Å². The van der Waals surface area contributed by atoms with Crippen LogP contribution >= 0.6 is 0 Å². The van der Waals surface area contributed by atoms with Crippen LogP contribution in [0.5, 0.6) is 0 Å². The van der Waals surface area contributed by atoms with Crippen molar-refractivity contribution in [1.29, 1.82) is 0 Å². The lowest BCUT2D eigenvalue weighted by molar-refractivity contribution is -0.131. The second-order valence-corrected chi connectivity index (χ2v) is 8.04. The van der Waals surface area contributed by atoms with Gasteiger partial charge in [-0.2, -0.15) is 0 Å². The number of amides is 3. The van der Waals surface area contributed by atoms with Crippen LogP contribution in [0.1, 0.15) is 45.4 Å². The molecule has 7 nitrogen and oxygen atoms in total. The van der Waals surface area contributed by atoms with Crippen molar-refractivity contribution in [3.8, 4) is 0 Å². The molecule has 3 fully saturated rings. The number of likely N-dealkylation sites (tertiary alicyclic amines) is 1. The third-order valence-electron chi connectivity index (χ3n) is 6.28. The second-order valence-electron chi connectivity index (χ2n) is 8.04. The van der Waals surface area contributed by atoms with Crippen molar-refractivity contribution >= 4 is 11.9 Å². The lowest BCUT2D eigenvalue weighted by Gasteiger charge is -2.39. The molecule has 7 heteroatoms. The van der Waals surface area contributed by atoms with Crippen LogP contribution in [0.3, 0.4) is 0 Å². The van der Waals surface area contributed by atoms with Gasteiger partial charge in [-0.3, -0.25) is 9.69 Å². The van der Waals surface area contributed by atoms with Gasteiger partial charge in [0.25, 0.3) is 0 Å². The van der Waals surface area contributed by atoms with Crippen molar-refractivity contribution in [3.63, 3.8) is 0 Å². The first-order valence-corrected chi connectivity index (χ1v) is 10.2. The summed E-state index contributed by atoms with van der Waals surface area (Å²) in [6.45, 7) is 7.33. The minimum atomic E-state index is 0.0253. The maximum atomic E-state index is 12.8. The van der Waals surface area contributed by atoms with Crippen LogP contribution in [-0.4, -0.2) is 91.2 Å². The summed E-state index contributed by atoms with van der Waals surface area (Å²) in [4.78, 5) is 31.1. The van der Waals surface area contributed by atoms with E-state index in [1.807, 2.05) is 16.7 Å². The van der Waals surface area contributed by atoms with Gasteiger partial charge >= 0.3 is 6.03 Å². The highest BCUT2D eigenvalue weighted by molar-refractivity contribution is 5.77. The summed E-state index contributed by atoms with van der Waals surface area (Å²) in [6, 6.07) is 0.226. The van der Waals surface area contributed by atoms with Crippen molar-refractivity contribution in [1.82, 2.24) is 20.0 Å². The molecular formula is C19H34N4O3. The van der Waals surface area contributed by atoms with Gasteiger partial charge in [0.1, 0.15) is 0 Å². The first kappa shape index (κ1) is 19.4. The van der Waals surface area contributed by atoms with Crippen molar-refractivity contribution in [2.75, 3.05) is 53.0 Å². The summed E-state index contributed by atoms with van der Waals surface area (Å²) in [5, 5.41) is 3.25. The largest absolute Gasteiger partial charge is 0.381 e. The first-order valence-electron chi connectivity index (χ1n) is 10.2. The van der Waals surface area contributed by atoms with Gasteiger partial charge in [0, 0.05) is 63.9 Å². The molecule has 1 atom stereocenters. The summed E-state index contributed by atoms with van der Waals surface area (Å²) in [5.41, 5.74) is 0.193. The van der Waals surface area contributed by atoms with Crippen LogP contribution in [0.4, 0.5) is 4.79 Å². The molecule has 0 aromatic rings. The molecular weight excluding hydrogens is 332 g/mol. The summed E-state index contributed by atoms with van der Waals surface area (Å²) in [7, 11) is 2.17. The molecule has 0 aliphatic carbocycles. The molecule has 0 aromatic carbocycles. The molecule has 3 aliphatic rings. The third-order valence-corrected chi connectivity index (χ3v) is 6.28. The third kappa shape index (κ3) is 4.31. The van der Waals surface area contributed by atoms with Crippen molar-refractivity contribution in [3.05, 3.63) is 0 Å². The number of ether oxygens (including phenoxy) is 1. The Hall–Kier alpha value is -1.34. The van der Waals surface area contributed by atoms with E-state index in [9.17, 15) is 9.59 Å². The van der Waals surface area contributed by atoms with Crippen molar-refractivity contribution in [2.45, 2.75) is 57.0 Å². The monoisotopic (exact) mass is 366 g/mol. The second kappa shape index (κ2) is 8.57. The fraction of sp³-hybridized carbons (Fsp3) is 0.895. The molecule has 1 unspecified atom stereocenters. The Morgan fingerprint density at radius 2 is 1.81 bits per heavy atom. The zero-order valence-electron chi connectivity index (χ0n) is 16.3. The van der Waals surface area contributed by atoms with E-state index in [4.69, 9.17) is 4.74 Å². The molecule has 1 spiro atoms. The minimum Gasteiger partial charge on any atom is -0.381 e. The van der Waals surface area contributed by atoms with Gasteiger partial charge in [-0.1, -0.05) is 6.92 Å². The molecule has 0 bridgehead atoms. The Bertz CT molecular complexity index is 507. The molecule has 1 N–H and O–H groups in total. The highest BCUT2D eigenvalue weighted by atomic mass is 16.5. The van der Waals surface area contributed by atoms with Crippen LogP contribution in [0.25, 0.3) is 0 Å². The Morgan fingerprint density at radius 3 is 2.54 bits per heavy atom. The van der Waals surface area contributed by atoms with E-state index >= 15 is 0 Å². The molecule has 0 aromatic heterocycles. The Kier molecular flexibility index (Phi) is 6.40. The lowest BCUT2D eigenvalue weighted by atomic mass is 9.87. The number of urea groups is 1. The molecule has 3 amide bonds. The lowest BCUT2D eigenvalue weighted by Crippen LogP contribution is -2.47. The van der Waals surface area contributed by atoms with Crippen LogP contribution < -0.4 is 5.32 Å². The van der Waals surface area contributed by atoms with Gasteiger partial charge in [-0.25, -0.2) is 4.79 Å². The zero-order valence-corrected chi connectivity index (χ0v) is 16.3. The highest BCUT2D eigenvalue weighted by Gasteiger charge is 2.45. The predicted molar refractivity (Wildman–Crippen MR) is 100 cm³/mol. The number of likely N-dealkylation sites (N-methyl/N-ethyl adjacent to an activating group) is 1. The highest BCUT2D eigenvalue weighted by Crippen LogP contribution is 2.36. The smallest absolute Gasteiger partial charge is 0.317 e. The maximum absolute atomic E-state index is 12.8. The van der Waals surface area contributed by atoms with Crippen LogP contribution in [0.2, 0.25) is 0 Å². The zero-order chi connectivity index (χ0) is 18.6. The van der Waals surface area contributed by atoms with E-state index in [1.165, 1.54) is 0 Å². The van der Waals surface area contributed by atoms with Gasteiger partial charge in [0.2, 0.25) is 5.91 Å². The number of hydrogen-bond acceptors (Lipinski definition) is 4. The molecule has 3 aliphatic heterocycles.